The number of anilines is 1. The standard InChI is InChI=1S/C15H22N2O3/c1-5-15(4,14(19)20)16-9-13(18)17-12-8-6-7-10(2)11(12)3/h6-8,16H,5,9H2,1-4H3,(H,17,18)(H,19,20). The summed E-state index contributed by atoms with van der Waals surface area (Å²) in [4.78, 5) is 23.0. The number of benzene rings is 1. The van der Waals surface area contributed by atoms with Gasteiger partial charge in [0.2, 0.25) is 5.91 Å². The molecule has 0 aliphatic carbocycles. The first-order valence-electron chi connectivity index (χ1n) is 6.64. The molecule has 0 aliphatic rings. The highest BCUT2D eigenvalue weighted by Crippen LogP contribution is 2.17. The molecule has 1 unspecified atom stereocenters. The fourth-order valence-corrected chi connectivity index (χ4v) is 1.71. The average Bonchev–Trinajstić information content (AvgIpc) is 2.41. The second-order valence-electron chi connectivity index (χ2n) is 5.14. The van der Waals surface area contributed by atoms with Gasteiger partial charge in [0.1, 0.15) is 5.54 Å². The lowest BCUT2D eigenvalue weighted by atomic mass is 9.99. The molecular formula is C15H22N2O3. The Morgan fingerprint density at radius 1 is 1.30 bits per heavy atom. The highest BCUT2D eigenvalue weighted by molar-refractivity contribution is 5.93. The summed E-state index contributed by atoms with van der Waals surface area (Å²) in [5, 5.41) is 14.7. The average molecular weight is 278 g/mol. The first-order chi connectivity index (χ1) is 9.30. The monoisotopic (exact) mass is 278 g/mol. The minimum atomic E-state index is -1.08. The maximum absolute atomic E-state index is 11.9. The second-order valence-corrected chi connectivity index (χ2v) is 5.14. The van der Waals surface area contributed by atoms with Crippen LogP contribution in [0.15, 0.2) is 18.2 Å². The van der Waals surface area contributed by atoms with Crippen molar-refractivity contribution in [3.05, 3.63) is 29.3 Å². The normalized spacial score (nSPS) is 13.6. The molecule has 0 bridgehead atoms. The van der Waals surface area contributed by atoms with E-state index in [-0.39, 0.29) is 12.5 Å². The van der Waals surface area contributed by atoms with Gasteiger partial charge in [-0.15, -0.1) is 0 Å². The highest BCUT2D eigenvalue weighted by atomic mass is 16.4. The Morgan fingerprint density at radius 2 is 1.95 bits per heavy atom. The van der Waals surface area contributed by atoms with Gasteiger partial charge in [0, 0.05) is 5.69 Å². The van der Waals surface area contributed by atoms with E-state index in [2.05, 4.69) is 10.6 Å². The van der Waals surface area contributed by atoms with Crippen LogP contribution >= 0.6 is 0 Å². The van der Waals surface area contributed by atoms with Crippen molar-refractivity contribution in [2.75, 3.05) is 11.9 Å². The minimum absolute atomic E-state index is 0.0377. The molecule has 0 radical (unpaired) electrons. The molecule has 1 aromatic rings. The quantitative estimate of drug-likeness (QED) is 0.744. The predicted octanol–water partition coefficient (Wildman–Crippen LogP) is 2.08. The van der Waals surface area contributed by atoms with Gasteiger partial charge in [-0.05, 0) is 44.4 Å². The Balaban J connectivity index is 2.65. The molecule has 0 saturated carbocycles. The van der Waals surface area contributed by atoms with Crippen LogP contribution in [0.2, 0.25) is 0 Å². The van der Waals surface area contributed by atoms with Crippen LogP contribution in [0.4, 0.5) is 5.69 Å². The number of nitrogens with one attached hydrogen (secondary N) is 2. The van der Waals surface area contributed by atoms with Crippen LogP contribution in [-0.4, -0.2) is 29.1 Å². The third-order valence-corrected chi connectivity index (χ3v) is 3.70. The number of amides is 1. The molecule has 0 heterocycles. The summed E-state index contributed by atoms with van der Waals surface area (Å²) in [5.74, 6) is -1.21. The number of hydrogen-bond donors (Lipinski definition) is 3. The van der Waals surface area contributed by atoms with Crippen molar-refractivity contribution in [1.29, 1.82) is 0 Å². The Hall–Kier alpha value is -1.88. The summed E-state index contributed by atoms with van der Waals surface area (Å²) in [7, 11) is 0. The SMILES string of the molecule is CCC(C)(NCC(=O)Nc1cccc(C)c1C)C(=O)O. The van der Waals surface area contributed by atoms with Gasteiger partial charge in [0.05, 0.1) is 6.54 Å². The summed E-state index contributed by atoms with van der Waals surface area (Å²) >= 11 is 0. The van der Waals surface area contributed by atoms with Gasteiger partial charge in [0.15, 0.2) is 0 Å². The lowest BCUT2D eigenvalue weighted by molar-refractivity contribution is -0.144. The Bertz CT molecular complexity index is 514. The number of carbonyl (C=O) groups excluding carboxylic acids is 1. The van der Waals surface area contributed by atoms with Crippen LogP contribution in [0.1, 0.15) is 31.4 Å². The van der Waals surface area contributed by atoms with Crippen molar-refractivity contribution in [1.82, 2.24) is 5.32 Å². The molecule has 110 valence electrons. The number of carbonyl (C=O) groups is 2. The van der Waals surface area contributed by atoms with Crippen molar-refractivity contribution in [2.24, 2.45) is 0 Å². The lowest BCUT2D eigenvalue weighted by Gasteiger charge is -2.24. The summed E-state index contributed by atoms with van der Waals surface area (Å²) < 4.78 is 0. The van der Waals surface area contributed by atoms with E-state index in [1.165, 1.54) is 0 Å². The number of hydrogen-bond acceptors (Lipinski definition) is 3. The summed E-state index contributed by atoms with van der Waals surface area (Å²) in [5.41, 5.74) is 1.78. The topological polar surface area (TPSA) is 78.4 Å². The molecule has 0 spiro atoms. The molecule has 0 aliphatic heterocycles. The third-order valence-electron chi connectivity index (χ3n) is 3.70. The third kappa shape index (κ3) is 3.81. The Labute approximate surface area is 119 Å². The van der Waals surface area contributed by atoms with Crippen molar-refractivity contribution in [2.45, 2.75) is 39.7 Å². The van der Waals surface area contributed by atoms with E-state index < -0.39 is 11.5 Å². The fourth-order valence-electron chi connectivity index (χ4n) is 1.71. The molecule has 0 saturated heterocycles. The van der Waals surface area contributed by atoms with Gasteiger partial charge < -0.3 is 10.4 Å². The molecule has 0 fully saturated rings. The smallest absolute Gasteiger partial charge is 0.323 e. The molecule has 1 rings (SSSR count). The largest absolute Gasteiger partial charge is 0.480 e. The van der Waals surface area contributed by atoms with E-state index in [1.54, 1.807) is 13.8 Å². The van der Waals surface area contributed by atoms with Crippen LogP contribution in [0.3, 0.4) is 0 Å². The maximum atomic E-state index is 11.9. The van der Waals surface area contributed by atoms with E-state index >= 15 is 0 Å². The van der Waals surface area contributed by atoms with E-state index in [9.17, 15) is 9.59 Å². The highest BCUT2D eigenvalue weighted by Gasteiger charge is 2.30. The first-order valence-corrected chi connectivity index (χ1v) is 6.64. The maximum Gasteiger partial charge on any atom is 0.323 e. The molecular weight excluding hydrogens is 256 g/mol. The molecule has 1 atom stereocenters. The first kappa shape index (κ1) is 16.2. The number of carboxylic acid groups (broad SMARTS) is 1. The molecule has 5 heteroatoms. The van der Waals surface area contributed by atoms with Gasteiger partial charge in [-0.25, -0.2) is 0 Å². The van der Waals surface area contributed by atoms with Gasteiger partial charge in [-0.1, -0.05) is 19.1 Å². The summed E-state index contributed by atoms with van der Waals surface area (Å²) in [6.45, 7) is 7.21. The van der Waals surface area contributed by atoms with Crippen molar-refractivity contribution >= 4 is 17.6 Å². The summed E-state index contributed by atoms with van der Waals surface area (Å²) in [6, 6.07) is 5.68. The summed E-state index contributed by atoms with van der Waals surface area (Å²) in [6.07, 6.45) is 0.402. The van der Waals surface area contributed by atoms with E-state index in [0.717, 1.165) is 16.8 Å². The molecule has 1 amide bonds. The Morgan fingerprint density at radius 3 is 2.50 bits per heavy atom. The van der Waals surface area contributed by atoms with Crippen molar-refractivity contribution in [3.63, 3.8) is 0 Å². The number of carboxylic acids is 1. The number of rotatable bonds is 6. The molecule has 3 N–H and O–H groups in total. The van der Waals surface area contributed by atoms with Crippen LogP contribution in [-0.2, 0) is 9.59 Å². The minimum Gasteiger partial charge on any atom is -0.480 e. The molecule has 1 aromatic carbocycles. The van der Waals surface area contributed by atoms with Crippen molar-refractivity contribution < 1.29 is 14.7 Å². The molecule has 0 aromatic heterocycles. The molecule has 5 nitrogen and oxygen atoms in total. The number of aryl methyl sites for hydroxylation is 1. The van der Waals surface area contributed by atoms with Gasteiger partial charge >= 0.3 is 5.97 Å². The predicted molar refractivity (Wildman–Crippen MR) is 78.9 cm³/mol. The second kappa shape index (κ2) is 6.52. The van der Waals surface area contributed by atoms with Crippen LogP contribution in [0.25, 0.3) is 0 Å². The van der Waals surface area contributed by atoms with Crippen LogP contribution < -0.4 is 10.6 Å². The van der Waals surface area contributed by atoms with Gasteiger partial charge in [0.25, 0.3) is 0 Å². The zero-order valence-electron chi connectivity index (χ0n) is 12.4. The van der Waals surface area contributed by atoms with Crippen LogP contribution in [0, 0.1) is 13.8 Å². The number of aliphatic carboxylic acids is 1. The molecule has 20 heavy (non-hydrogen) atoms. The van der Waals surface area contributed by atoms with Crippen LogP contribution in [0.5, 0.6) is 0 Å². The zero-order valence-corrected chi connectivity index (χ0v) is 12.4. The van der Waals surface area contributed by atoms with Gasteiger partial charge in [-0.3, -0.25) is 14.9 Å². The lowest BCUT2D eigenvalue weighted by Crippen LogP contribution is -2.51. The van der Waals surface area contributed by atoms with E-state index in [4.69, 9.17) is 5.11 Å². The van der Waals surface area contributed by atoms with Gasteiger partial charge in [-0.2, -0.15) is 0 Å². The van der Waals surface area contributed by atoms with E-state index in [1.807, 2.05) is 32.0 Å². The Kier molecular flexibility index (Phi) is 5.27. The van der Waals surface area contributed by atoms with Crippen molar-refractivity contribution in [3.8, 4) is 0 Å². The van der Waals surface area contributed by atoms with E-state index in [0.29, 0.717) is 6.42 Å². The zero-order chi connectivity index (χ0) is 15.3. The fraction of sp³-hybridized carbons (Fsp3) is 0.467.